The van der Waals surface area contributed by atoms with Crippen LogP contribution in [0.1, 0.15) is 49.2 Å². The van der Waals surface area contributed by atoms with Crippen molar-refractivity contribution in [2.24, 2.45) is 0 Å². The maximum Gasteiger partial charge on any atom is 0.316 e. The van der Waals surface area contributed by atoms with Gasteiger partial charge in [-0.15, -0.1) is 4.31 Å². The van der Waals surface area contributed by atoms with Gasteiger partial charge < -0.3 is 14.0 Å². The third kappa shape index (κ3) is 3.26. The van der Waals surface area contributed by atoms with Crippen LogP contribution < -0.4 is 9.47 Å². The summed E-state index contributed by atoms with van der Waals surface area (Å²) in [5.41, 5.74) is 3.88. The van der Waals surface area contributed by atoms with Crippen molar-refractivity contribution in [1.29, 1.82) is 0 Å². The number of benzene rings is 1. The lowest BCUT2D eigenvalue weighted by Gasteiger charge is -2.34. The molecule has 0 spiro atoms. The highest BCUT2D eigenvalue weighted by atomic mass is 32.2. The second-order valence-electron chi connectivity index (χ2n) is 7.27. The molecule has 2 atom stereocenters. The highest BCUT2D eigenvalue weighted by Gasteiger charge is 2.45. The summed E-state index contributed by atoms with van der Waals surface area (Å²) in [5.74, 6) is 0.812. The molecule has 1 aliphatic heterocycles. The van der Waals surface area contributed by atoms with E-state index in [1.807, 2.05) is 44.1 Å². The Balaban J connectivity index is 2.15. The molecule has 0 fully saturated rings. The topological polar surface area (TPSA) is 70.5 Å². The Morgan fingerprint density at radius 2 is 1.92 bits per heavy atom. The maximum absolute atomic E-state index is 13.3. The lowest BCUT2D eigenvalue weighted by Crippen LogP contribution is -2.42. The van der Waals surface area contributed by atoms with Gasteiger partial charge in [0.25, 0.3) is 0 Å². The first kappa shape index (κ1) is 18.9. The third-order valence-electron chi connectivity index (χ3n) is 4.53. The van der Waals surface area contributed by atoms with Gasteiger partial charge in [-0.2, -0.15) is 4.98 Å². The monoisotopic (exact) mass is 375 g/mol. The van der Waals surface area contributed by atoms with E-state index in [0.717, 1.165) is 28.1 Å². The molecule has 0 aliphatic carbocycles. The molecule has 0 bridgehead atoms. The normalized spacial score (nSPS) is 18.5. The van der Waals surface area contributed by atoms with Crippen molar-refractivity contribution >= 4 is 11.4 Å². The molecule has 1 aliphatic rings. The average molecular weight is 375 g/mol. The number of fused-ring (bicyclic) bond motifs is 1. The molecule has 0 saturated heterocycles. The average Bonchev–Trinajstić information content (AvgIpc) is 2.98. The van der Waals surface area contributed by atoms with Gasteiger partial charge in [0.15, 0.2) is 0 Å². The number of methoxy groups -OCH3 is 2. The van der Waals surface area contributed by atoms with E-state index in [0.29, 0.717) is 12.6 Å². The van der Waals surface area contributed by atoms with Crippen molar-refractivity contribution in [2.45, 2.75) is 45.0 Å². The van der Waals surface area contributed by atoms with Crippen molar-refractivity contribution in [2.75, 3.05) is 14.2 Å². The first-order valence-corrected chi connectivity index (χ1v) is 9.60. The van der Waals surface area contributed by atoms with Crippen LogP contribution in [0.3, 0.4) is 0 Å². The largest absolute Gasteiger partial charge is 0.597 e. The zero-order valence-electron chi connectivity index (χ0n) is 16.1. The molecule has 7 heteroatoms. The summed E-state index contributed by atoms with van der Waals surface area (Å²) < 4.78 is 25.5. The molecular weight excluding hydrogens is 350 g/mol. The third-order valence-corrected chi connectivity index (χ3v) is 6.34. The first-order valence-electron chi connectivity index (χ1n) is 8.50. The number of rotatable bonds is 4. The van der Waals surface area contributed by atoms with Gasteiger partial charge in [-0.1, -0.05) is 12.1 Å². The summed E-state index contributed by atoms with van der Waals surface area (Å²) in [6.07, 6.45) is 1.78. The van der Waals surface area contributed by atoms with Crippen LogP contribution in [0.2, 0.25) is 0 Å². The van der Waals surface area contributed by atoms with Crippen molar-refractivity contribution in [3.8, 4) is 11.8 Å². The molecular formula is C19H25N3O3S. The van der Waals surface area contributed by atoms with Gasteiger partial charge >= 0.3 is 6.01 Å². The Morgan fingerprint density at radius 1 is 1.19 bits per heavy atom. The van der Waals surface area contributed by atoms with Gasteiger partial charge in [0.1, 0.15) is 16.5 Å². The summed E-state index contributed by atoms with van der Waals surface area (Å²) in [5, 5.41) is 0. The molecule has 0 N–H and O–H groups in total. The van der Waals surface area contributed by atoms with Crippen LogP contribution in [0.5, 0.6) is 11.8 Å². The molecule has 1 aromatic carbocycles. The molecule has 6 nitrogen and oxygen atoms in total. The summed E-state index contributed by atoms with van der Waals surface area (Å²) in [7, 11) is 3.21. The molecule has 0 unspecified atom stereocenters. The second kappa shape index (κ2) is 7.06. The Kier molecular flexibility index (Phi) is 5.14. The lowest BCUT2D eigenvalue weighted by molar-refractivity contribution is 0.364. The summed E-state index contributed by atoms with van der Waals surface area (Å²) in [6, 6.07) is 6.08. The van der Waals surface area contributed by atoms with E-state index in [4.69, 9.17) is 9.47 Å². The SMILES string of the molecule is COc1ncc2c(n1)CN([S@+]([O-])C(C)(C)C)[C@@H]2c1cccc(OC)c1C. The number of hydrogen-bond donors (Lipinski definition) is 0. The zero-order chi connectivity index (χ0) is 19.1. The van der Waals surface area contributed by atoms with Crippen LogP contribution in [0.4, 0.5) is 0 Å². The van der Waals surface area contributed by atoms with Crippen molar-refractivity contribution in [3.63, 3.8) is 0 Å². The van der Waals surface area contributed by atoms with Crippen molar-refractivity contribution in [1.82, 2.24) is 14.3 Å². The standard InChI is InChI=1S/C19H25N3O3S/c1-12-13(8-7-9-16(12)24-5)17-14-10-20-18(25-6)21-15(14)11-22(17)26(23)19(2,3)4/h7-10,17H,11H2,1-6H3/t17-,26-/m1/s1. The minimum Gasteiger partial charge on any atom is -0.597 e. The first-order chi connectivity index (χ1) is 12.3. The molecule has 2 heterocycles. The van der Waals surface area contributed by atoms with E-state index >= 15 is 0 Å². The number of nitrogens with zero attached hydrogens (tertiary/aromatic N) is 3. The van der Waals surface area contributed by atoms with Crippen LogP contribution in [0.25, 0.3) is 0 Å². The number of hydrogen-bond acceptors (Lipinski definition) is 6. The van der Waals surface area contributed by atoms with E-state index in [1.165, 1.54) is 0 Å². The lowest BCUT2D eigenvalue weighted by atomic mass is 9.97. The van der Waals surface area contributed by atoms with Crippen LogP contribution in [-0.2, 0) is 17.9 Å². The highest BCUT2D eigenvalue weighted by Crippen LogP contribution is 2.44. The minimum atomic E-state index is -1.21. The molecule has 26 heavy (non-hydrogen) atoms. The predicted molar refractivity (Wildman–Crippen MR) is 102 cm³/mol. The summed E-state index contributed by atoms with van der Waals surface area (Å²) >= 11 is -1.21. The zero-order valence-corrected chi connectivity index (χ0v) is 16.9. The molecule has 140 valence electrons. The van der Waals surface area contributed by atoms with Crippen molar-refractivity contribution in [3.05, 3.63) is 46.8 Å². The van der Waals surface area contributed by atoms with Crippen LogP contribution in [0, 0.1) is 6.92 Å². The Bertz CT molecular complexity index is 807. The van der Waals surface area contributed by atoms with Gasteiger partial charge in [0.05, 0.1) is 26.5 Å². The quantitative estimate of drug-likeness (QED) is 0.765. The Morgan fingerprint density at radius 3 is 2.54 bits per heavy atom. The van der Waals surface area contributed by atoms with Crippen LogP contribution in [0.15, 0.2) is 24.4 Å². The van der Waals surface area contributed by atoms with Gasteiger partial charge in [0.2, 0.25) is 0 Å². The highest BCUT2D eigenvalue weighted by molar-refractivity contribution is 7.90. The van der Waals surface area contributed by atoms with E-state index in [-0.39, 0.29) is 10.8 Å². The minimum absolute atomic E-state index is 0.189. The molecule has 0 radical (unpaired) electrons. The Hall–Kier alpha value is -1.83. The van der Waals surface area contributed by atoms with Crippen molar-refractivity contribution < 1.29 is 14.0 Å². The van der Waals surface area contributed by atoms with Gasteiger partial charge in [-0.25, -0.2) is 4.98 Å². The number of aromatic nitrogens is 2. The van der Waals surface area contributed by atoms with E-state index in [1.54, 1.807) is 20.4 Å². The van der Waals surface area contributed by atoms with E-state index in [2.05, 4.69) is 16.0 Å². The maximum atomic E-state index is 13.3. The predicted octanol–water partition coefficient (Wildman–Crippen LogP) is 3.17. The Labute approximate surface area is 157 Å². The van der Waals surface area contributed by atoms with Gasteiger partial charge in [0, 0.05) is 23.1 Å². The fraction of sp³-hybridized carbons (Fsp3) is 0.474. The van der Waals surface area contributed by atoms with Gasteiger partial charge in [-0.3, -0.25) is 0 Å². The summed E-state index contributed by atoms with van der Waals surface area (Å²) in [6.45, 7) is 8.45. The molecule has 0 amide bonds. The molecule has 0 saturated carbocycles. The fourth-order valence-electron chi connectivity index (χ4n) is 3.23. The van der Waals surface area contributed by atoms with Gasteiger partial charge in [-0.05, 0) is 44.9 Å². The molecule has 3 rings (SSSR count). The van der Waals surface area contributed by atoms with Crippen LogP contribution in [-0.4, -0.2) is 37.8 Å². The molecule has 1 aromatic heterocycles. The number of ether oxygens (including phenoxy) is 2. The summed E-state index contributed by atoms with van der Waals surface area (Å²) in [4.78, 5) is 8.78. The van der Waals surface area contributed by atoms with Crippen LogP contribution >= 0.6 is 0 Å². The van der Waals surface area contributed by atoms with E-state index in [9.17, 15) is 4.55 Å². The second-order valence-corrected chi connectivity index (χ2v) is 9.46. The van der Waals surface area contributed by atoms with E-state index < -0.39 is 11.4 Å². The smallest absolute Gasteiger partial charge is 0.316 e. The molecule has 2 aromatic rings. The fourth-order valence-corrected chi connectivity index (χ4v) is 4.59.